The third-order valence-electron chi connectivity index (χ3n) is 5.93. The Labute approximate surface area is 152 Å². The SMILES string of the molecule is CC(c1ccn2c(=O)c3c(nc2c1)CCN1CCC[C@@H]31)c1ccccn1. The maximum atomic E-state index is 13.2. The van der Waals surface area contributed by atoms with Crippen molar-refractivity contribution in [3.05, 3.63) is 75.6 Å². The van der Waals surface area contributed by atoms with Crippen LogP contribution in [0.2, 0.25) is 0 Å². The molecule has 0 N–H and O–H groups in total. The van der Waals surface area contributed by atoms with E-state index >= 15 is 0 Å². The van der Waals surface area contributed by atoms with Crippen molar-refractivity contribution in [3.8, 4) is 0 Å². The molecule has 3 aromatic rings. The van der Waals surface area contributed by atoms with Crippen LogP contribution in [0.3, 0.4) is 0 Å². The van der Waals surface area contributed by atoms with E-state index in [1.807, 2.05) is 42.7 Å². The molecule has 2 aliphatic heterocycles. The van der Waals surface area contributed by atoms with Crippen molar-refractivity contribution >= 4 is 5.65 Å². The summed E-state index contributed by atoms with van der Waals surface area (Å²) in [6, 6.07) is 10.3. The van der Waals surface area contributed by atoms with Crippen molar-refractivity contribution in [1.82, 2.24) is 19.3 Å². The van der Waals surface area contributed by atoms with Gasteiger partial charge in [-0.05, 0) is 49.2 Å². The number of fused-ring (bicyclic) bond motifs is 4. The van der Waals surface area contributed by atoms with Crippen molar-refractivity contribution < 1.29 is 0 Å². The van der Waals surface area contributed by atoms with Crippen LogP contribution in [0.1, 0.15) is 54.2 Å². The highest BCUT2D eigenvalue weighted by atomic mass is 16.1. The number of nitrogens with zero attached hydrogens (tertiary/aromatic N) is 4. The van der Waals surface area contributed by atoms with Crippen LogP contribution in [0.25, 0.3) is 5.65 Å². The summed E-state index contributed by atoms with van der Waals surface area (Å²) >= 11 is 0. The molecule has 0 bridgehead atoms. The van der Waals surface area contributed by atoms with Crippen molar-refractivity contribution in [2.75, 3.05) is 13.1 Å². The Morgan fingerprint density at radius 2 is 2.15 bits per heavy atom. The monoisotopic (exact) mass is 346 g/mol. The van der Waals surface area contributed by atoms with Gasteiger partial charge in [0.25, 0.3) is 5.56 Å². The van der Waals surface area contributed by atoms with E-state index in [1.54, 1.807) is 4.40 Å². The van der Waals surface area contributed by atoms with E-state index in [0.29, 0.717) is 0 Å². The third-order valence-corrected chi connectivity index (χ3v) is 5.93. The number of hydrogen-bond acceptors (Lipinski definition) is 4. The first-order valence-corrected chi connectivity index (χ1v) is 9.42. The molecule has 132 valence electrons. The minimum Gasteiger partial charge on any atom is -0.296 e. The predicted octanol–water partition coefficient (Wildman–Crippen LogP) is 2.93. The molecule has 5 rings (SSSR count). The second kappa shape index (κ2) is 6.02. The summed E-state index contributed by atoms with van der Waals surface area (Å²) in [5.41, 5.74) is 4.95. The molecule has 5 heteroatoms. The minimum absolute atomic E-state index is 0.110. The Morgan fingerprint density at radius 3 is 3.00 bits per heavy atom. The summed E-state index contributed by atoms with van der Waals surface area (Å²) in [7, 11) is 0. The first-order valence-electron chi connectivity index (χ1n) is 9.42. The second-order valence-electron chi connectivity index (χ2n) is 7.39. The minimum atomic E-state index is 0.110. The van der Waals surface area contributed by atoms with Crippen molar-refractivity contribution in [2.24, 2.45) is 0 Å². The number of rotatable bonds is 2. The summed E-state index contributed by atoms with van der Waals surface area (Å²) in [6.07, 6.45) is 6.82. The van der Waals surface area contributed by atoms with Crippen LogP contribution in [0.15, 0.2) is 47.5 Å². The first-order chi connectivity index (χ1) is 12.7. The van der Waals surface area contributed by atoms with E-state index in [1.165, 1.54) is 6.42 Å². The van der Waals surface area contributed by atoms with Gasteiger partial charge in [-0.3, -0.25) is 19.1 Å². The zero-order valence-corrected chi connectivity index (χ0v) is 14.9. The zero-order valence-electron chi connectivity index (χ0n) is 14.9. The lowest BCUT2D eigenvalue weighted by molar-refractivity contribution is 0.239. The fraction of sp³-hybridized carbons (Fsp3) is 0.381. The van der Waals surface area contributed by atoms with Gasteiger partial charge in [0.1, 0.15) is 5.65 Å². The van der Waals surface area contributed by atoms with E-state index in [4.69, 9.17) is 4.98 Å². The number of pyridine rings is 2. The standard InChI is InChI=1S/C21H22N4O/c1-14(16-5-2-3-9-22-16)15-7-12-25-19(13-15)23-17-8-11-24-10-4-6-18(24)20(17)21(25)26/h2-3,5,7,9,12-14,18H,4,6,8,10-11H2,1H3/t14?,18-/m0/s1. The van der Waals surface area contributed by atoms with Gasteiger partial charge in [-0.1, -0.05) is 13.0 Å². The molecule has 26 heavy (non-hydrogen) atoms. The van der Waals surface area contributed by atoms with Gasteiger partial charge in [-0.25, -0.2) is 4.98 Å². The Bertz CT molecular complexity index is 1030. The highest BCUT2D eigenvalue weighted by Crippen LogP contribution is 2.35. The van der Waals surface area contributed by atoms with Crippen LogP contribution >= 0.6 is 0 Å². The van der Waals surface area contributed by atoms with Gasteiger partial charge in [-0.2, -0.15) is 0 Å². The van der Waals surface area contributed by atoms with Crippen molar-refractivity contribution in [1.29, 1.82) is 0 Å². The summed E-state index contributed by atoms with van der Waals surface area (Å²) in [5.74, 6) is 0.166. The quantitative estimate of drug-likeness (QED) is 0.716. The molecule has 2 aliphatic rings. The molecule has 3 aromatic heterocycles. The van der Waals surface area contributed by atoms with Crippen LogP contribution in [-0.2, 0) is 6.42 Å². The fourth-order valence-corrected chi connectivity index (χ4v) is 4.48. The molecule has 0 amide bonds. The summed E-state index contributed by atoms with van der Waals surface area (Å²) in [4.78, 5) is 24.9. The summed E-state index contributed by atoms with van der Waals surface area (Å²) in [6.45, 7) is 4.26. The predicted molar refractivity (Wildman–Crippen MR) is 100 cm³/mol. The van der Waals surface area contributed by atoms with Gasteiger partial charge < -0.3 is 0 Å². The second-order valence-corrected chi connectivity index (χ2v) is 7.39. The molecule has 1 saturated heterocycles. The maximum Gasteiger partial charge on any atom is 0.262 e. The van der Waals surface area contributed by atoms with E-state index in [9.17, 15) is 4.79 Å². The largest absolute Gasteiger partial charge is 0.296 e. The Kier molecular flexibility index (Phi) is 3.64. The molecule has 0 aromatic carbocycles. The molecule has 0 aliphatic carbocycles. The molecule has 1 unspecified atom stereocenters. The van der Waals surface area contributed by atoms with E-state index < -0.39 is 0 Å². The Balaban J connectivity index is 1.62. The molecule has 5 heterocycles. The highest BCUT2D eigenvalue weighted by molar-refractivity contribution is 5.46. The van der Waals surface area contributed by atoms with Gasteiger partial charge in [0.2, 0.25) is 0 Å². The molecule has 0 spiro atoms. The number of aromatic nitrogens is 3. The van der Waals surface area contributed by atoms with Crippen LogP contribution in [0.4, 0.5) is 0 Å². The molecule has 1 fully saturated rings. The van der Waals surface area contributed by atoms with Crippen LogP contribution in [0.5, 0.6) is 0 Å². The molecule has 0 radical (unpaired) electrons. The van der Waals surface area contributed by atoms with Crippen LogP contribution in [-0.4, -0.2) is 32.4 Å². The Hall–Kier alpha value is -2.53. The normalized spacial score (nSPS) is 20.7. The summed E-state index contributed by atoms with van der Waals surface area (Å²) < 4.78 is 1.72. The van der Waals surface area contributed by atoms with Gasteiger partial charge in [0.05, 0.1) is 11.3 Å². The van der Waals surface area contributed by atoms with Gasteiger partial charge >= 0.3 is 0 Å². The van der Waals surface area contributed by atoms with Crippen LogP contribution < -0.4 is 5.56 Å². The number of hydrogen-bond donors (Lipinski definition) is 0. The van der Waals surface area contributed by atoms with E-state index in [2.05, 4.69) is 16.8 Å². The highest BCUT2D eigenvalue weighted by Gasteiger charge is 2.34. The molecule has 0 saturated carbocycles. The average molecular weight is 346 g/mol. The topological polar surface area (TPSA) is 50.5 Å². The van der Waals surface area contributed by atoms with Gasteiger partial charge in [0.15, 0.2) is 0 Å². The van der Waals surface area contributed by atoms with E-state index in [0.717, 1.165) is 54.1 Å². The molecule has 2 atom stereocenters. The summed E-state index contributed by atoms with van der Waals surface area (Å²) in [5, 5.41) is 0. The van der Waals surface area contributed by atoms with Gasteiger partial charge in [-0.15, -0.1) is 0 Å². The lowest BCUT2D eigenvalue weighted by Gasteiger charge is -2.30. The van der Waals surface area contributed by atoms with Gasteiger partial charge in [0, 0.05) is 43.0 Å². The first kappa shape index (κ1) is 15.7. The van der Waals surface area contributed by atoms with E-state index in [-0.39, 0.29) is 17.5 Å². The molecular formula is C21H22N4O. The lowest BCUT2D eigenvalue weighted by atomic mass is 9.96. The molecular weight excluding hydrogens is 324 g/mol. The average Bonchev–Trinajstić information content (AvgIpc) is 3.16. The maximum absolute atomic E-state index is 13.2. The fourth-order valence-electron chi connectivity index (χ4n) is 4.48. The third kappa shape index (κ3) is 2.38. The van der Waals surface area contributed by atoms with Crippen molar-refractivity contribution in [3.63, 3.8) is 0 Å². The molecule has 5 nitrogen and oxygen atoms in total. The van der Waals surface area contributed by atoms with Crippen molar-refractivity contribution in [2.45, 2.75) is 38.1 Å². The lowest BCUT2D eigenvalue weighted by Crippen LogP contribution is -2.37. The zero-order chi connectivity index (χ0) is 17.7. The smallest absolute Gasteiger partial charge is 0.262 e. The Morgan fingerprint density at radius 1 is 1.23 bits per heavy atom. The van der Waals surface area contributed by atoms with Crippen LogP contribution in [0, 0.1) is 0 Å².